The molecule has 408 valence electrons. The first-order valence-corrected chi connectivity index (χ1v) is 29.3. The van der Waals surface area contributed by atoms with E-state index in [1.54, 1.807) is 6.92 Å². The molecule has 69 heavy (non-hydrogen) atoms. The van der Waals surface area contributed by atoms with Gasteiger partial charge in [0, 0.05) is 19.3 Å². The van der Waals surface area contributed by atoms with Gasteiger partial charge in [-0.1, -0.05) is 182 Å². The zero-order chi connectivity index (χ0) is 51.3. The van der Waals surface area contributed by atoms with Crippen LogP contribution in [0.5, 0.6) is 0 Å². The number of rotatable bonds is 50. The van der Waals surface area contributed by atoms with E-state index in [4.69, 9.17) is 18.9 Å². The van der Waals surface area contributed by atoms with Crippen LogP contribution in [0.2, 0.25) is 0 Å². The van der Waals surface area contributed by atoms with Crippen LogP contribution in [0, 0.1) is 23.7 Å². The lowest BCUT2D eigenvalue weighted by Crippen LogP contribution is -2.26. The lowest BCUT2D eigenvalue weighted by atomic mass is 9.83. The van der Waals surface area contributed by atoms with Crippen LogP contribution >= 0.6 is 0 Å². The van der Waals surface area contributed by atoms with Crippen molar-refractivity contribution >= 4 is 23.9 Å². The molecular formula is C59H114N2O8. The van der Waals surface area contributed by atoms with Crippen molar-refractivity contribution in [3.8, 4) is 0 Å². The summed E-state index contributed by atoms with van der Waals surface area (Å²) in [5.41, 5.74) is 0. The van der Waals surface area contributed by atoms with Crippen molar-refractivity contribution in [1.82, 2.24) is 9.80 Å². The second-order valence-electron chi connectivity index (χ2n) is 21.7. The molecule has 0 radical (unpaired) electrons. The SMILES string of the molecule is CCCCCCCCC(COC(=O)CC(CCCCCCC)CCCCCC(C)C(CC)CCCCCCCC(CCCC)C(=O)OCC(C)OC(=O)CCCN(C)C)OC(=O)CCCCN(C)C. The van der Waals surface area contributed by atoms with E-state index >= 15 is 0 Å². The number of carbonyl (C=O) groups excluding carboxylic acids is 4. The van der Waals surface area contributed by atoms with Crippen LogP contribution in [0.15, 0.2) is 0 Å². The molecule has 0 rings (SSSR count). The highest BCUT2D eigenvalue weighted by atomic mass is 16.6. The maximum absolute atomic E-state index is 13.3. The van der Waals surface area contributed by atoms with Crippen LogP contribution in [-0.2, 0) is 38.1 Å². The summed E-state index contributed by atoms with van der Waals surface area (Å²) in [5, 5.41) is 0. The number of carbonyl (C=O) groups is 4. The van der Waals surface area contributed by atoms with Crippen molar-refractivity contribution in [1.29, 1.82) is 0 Å². The van der Waals surface area contributed by atoms with Gasteiger partial charge in [0.15, 0.2) is 0 Å². The molecule has 0 fully saturated rings. The molecule has 0 aromatic heterocycles. The molecular weight excluding hydrogens is 865 g/mol. The molecule has 0 amide bonds. The van der Waals surface area contributed by atoms with Crippen LogP contribution < -0.4 is 0 Å². The van der Waals surface area contributed by atoms with Gasteiger partial charge in [0.1, 0.15) is 25.4 Å². The Bertz CT molecular complexity index is 1210. The van der Waals surface area contributed by atoms with E-state index in [9.17, 15) is 19.2 Å². The molecule has 0 spiro atoms. The van der Waals surface area contributed by atoms with Gasteiger partial charge in [-0.2, -0.15) is 0 Å². The number of nitrogens with zero attached hydrogens (tertiary/aromatic N) is 2. The van der Waals surface area contributed by atoms with Crippen molar-refractivity contribution in [3.05, 3.63) is 0 Å². The van der Waals surface area contributed by atoms with E-state index in [-0.39, 0.29) is 49.1 Å². The summed E-state index contributed by atoms with van der Waals surface area (Å²) in [6.45, 7) is 15.3. The monoisotopic (exact) mass is 979 g/mol. The van der Waals surface area contributed by atoms with E-state index in [1.165, 1.54) is 109 Å². The second-order valence-corrected chi connectivity index (χ2v) is 21.7. The molecule has 0 bridgehead atoms. The Balaban J connectivity index is 4.81. The minimum Gasteiger partial charge on any atom is -0.462 e. The zero-order valence-corrected chi connectivity index (χ0v) is 47.2. The highest BCUT2D eigenvalue weighted by Crippen LogP contribution is 2.29. The zero-order valence-electron chi connectivity index (χ0n) is 47.2. The predicted octanol–water partition coefficient (Wildman–Crippen LogP) is 15.3. The molecule has 0 aromatic rings. The van der Waals surface area contributed by atoms with Gasteiger partial charge in [-0.15, -0.1) is 0 Å². The fourth-order valence-corrected chi connectivity index (χ4v) is 9.67. The third-order valence-electron chi connectivity index (χ3n) is 14.3. The highest BCUT2D eigenvalue weighted by molar-refractivity contribution is 5.72. The van der Waals surface area contributed by atoms with Crippen LogP contribution in [-0.4, -0.2) is 100 Å². The van der Waals surface area contributed by atoms with Gasteiger partial charge in [0.05, 0.1) is 5.92 Å². The summed E-state index contributed by atoms with van der Waals surface area (Å²) in [7, 11) is 8.07. The molecule has 0 aliphatic carbocycles. The Morgan fingerprint density at radius 1 is 0.435 bits per heavy atom. The fourth-order valence-electron chi connectivity index (χ4n) is 9.67. The maximum atomic E-state index is 13.3. The van der Waals surface area contributed by atoms with E-state index < -0.39 is 6.10 Å². The van der Waals surface area contributed by atoms with Gasteiger partial charge in [0.2, 0.25) is 0 Å². The van der Waals surface area contributed by atoms with Crippen LogP contribution in [0.3, 0.4) is 0 Å². The highest BCUT2D eigenvalue weighted by Gasteiger charge is 2.23. The lowest BCUT2D eigenvalue weighted by molar-refractivity contribution is -0.160. The Hall–Kier alpha value is -2.20. The first kappa shape index (κ1) is 66.8. The lowest BCUT2D eigenvalue weighted by Gasteiger charge is -2.23. The van der Waals surface area contributed by atoms with Crippen molar-refractivity contribution in [3.63, 3.8) is 0 Å². The fraction of sp³-hybridized carbons (Fsp3) is 0.932. The molecule has 0 saturated carbocycles. The minimum absolute atomic E-state index is 0.0777. The molecule has 6 atom stereocenters. The molecule has 0 heterocycles. The molecule has 6 unspecified atom stereocenters. The van der Waals surface area contributed by atoms with Crippen LogP contribution in [0.25, 0.3) is 0 Å². The van der Waals surface area contributed by atoms with Crippen molar-refractivity contribution in [2.24, 2.45) is 23.7 Å². The summed E-state index contributed by atoms with van der Waals surface area (Å²) in [6.07, 6.45) is 36.2. The van der Waals surface area contributed by atoms with E-state index in [0.717, 1.165) is 121 Å². The van der Waals surface area contributed by atoms with Crippen molar-refractivity contribution < 1.29 is 38.1 Å². The van der Waals surface area contributed by atoms with Crippen molar-refractivity contribution in [2.45, 2.75) is 278 Å². The number of unbranched alkanes of at least 4 members (excludes halogenated alkanes) is 17. The van der Waals surface area contributed by atoms with E-state index in [1.807, 2.05) is 19.0 Å². The topological polar surface area (TPSA) is 112 Å². The quantitative estimate of drug-likeness (QED) is 0.0332. The standard InChI is InChI=1S/C59H114N2O8/c1-11-15-18-20-25-32-42-55(69-57(63)43-33-34-45-60(7)8)49-66-58(64)47-52(37-28-22-19-16-12-2)38-29-26-27-36-50(5)53(14-4)40-30-23-21-24-31-41-54(39-17-13-3)59(65)67-48-51(6)68-56(62)44-35-46-61(9)10/h50-55H,11-49H2,1-10H3. The number of esters is 4. The number of hydrogen-bond acceptors (Lipinski definition) is 10. The van der Waals surface area contributed by atoms with E-state index in [0.29, 0.717) is 25.2 Å². The Morgan fingerprint density at radius 2 is 0.913 bits per heavy atom. The predicted molar refractivity (Wildman–Crippen MR) is 288 cm³/mol. The average Bonchev–Trinajstić information content (AvgIpc) is 3.31. The normalized spacial score (nSPS) is 14.3. The average molecular weight is 980 g/mol. The Kier molecular flexibility index (Phi) is 45.4. The van der Waals surface area contributed by atoms with Gasteiger partial charge >= 0.3 is 23.9 Å². The molecule has 0 aromatic carbocycles. The summed E-state index contributed by atoms with van der Waals surface area (Å²) >= 11 is 0. The Morgan fingerprint density at radius 3 is 1.51 bits per heavy atom. The van der Waals surface area contributed by atoms with Crippen LogP contribution in [0.1, 0.15) is 266 Å². The summed E-state index contributed by atoms with van der Waals surface area (Å²) in [6, 6.07) is 0. The van der Waals surface area contributed by atoms with Gasteiger partial charge in [-0.3, -0.25) is 19.2 Å². The van der Waals surface area contributed by atoms with Gasteiger partial charge in [0.25, 0.3) is 0 Å². The molecule has 0 N–H and O–H groups in total. The van der Waals surface area contributed by atoms with E-state index in [2.05, 4.69) is 53.6 Å². The third-order valence-corrected chi connectivity index (χ3v) is 14.3. The van der Waals surface area contributed by atoms with Gasteiger partial charge < -0.3 is 28.7 Å². The Labute approximate surface area is 427 Å². The first-order chi connectivity index (χ1) is 33.3. The molecule has 0 aliphatic heterocycles. The summed E-state index contributed by atoms with van der Waals surface area (Å²) in [5.74, 6) is 1.08. The molecule has 10 nitrogen and oxygen atoms in total. The van der Waals surface area contributed by atoms with Crippen molar-refractivity contribution in [2.75, 3.05) is 54.5 Å². The smallest absolute Gasteiger partial charge is 0.309 e. The number of ether oxygens (including phenoxy) is 4. The van der Waals surface area contributed by atoms with Gasteiger partial charge in [-0.05, 0) is 124 Å². The minimum atomic E-state index is -0.432. The third kappa shape index (κ3) is 42.1. The number of hydrogen-bond donors (Lipinski definition) is 0. The molecule has 10 heteroatoms. The van der Waals surface area contributed by atoms with Gasteiger partial charge in [-0.25, -0.2) is 0 Å². The first-order valence-electron chi connectivity index (χ1n) is 29.3. The summed E-state index contributed by atoms with van der Waals surface area (Å²) in [4.78, 5) is 55.5. The van der Waals surface area contributed by atoms with Crippen LogP contribution in [0.4, 0.5) is 0 Å². The maximum Gasteiger partial charge on any atom is 0.309 e. The second kappa shape index (κ2) is 46.8. The largest absolute Gasteiger partial charge is 0.462 e. The summed E-state index contributed by atoms with van der Waals surface area (Å²) < 4.78 is 23.0. The molecule has 0 saturated heterocycles. The molecule has 0 aliphatic rings.